The fraction of sp³-hybridized carbons (Fsp3) is 0.333. The summed E-state index contributed by atoms with van der Waals surface area (Å²) in [6.07, 6.45) is 5.80. The van der Waals surface area contributed by atoms with E-state index in [-0.39, 0.29) is 29.1 Å². The second-order valence-corrected chi connectivity index (χ2v) is 9.26. The maximum absolute atomic E-state index is 12.6. The van der Waals surface area contributed by atoms with Crippen LogP contribution in [-0.4, -0.2) is 36.3 Å². The highest BCUT2D eigenvalue weighted by Gasteiger charge is 2.23. The molecule has 1 aliphatic rings. The lowest BCUT2D eigenvalue weighted by Gasteiger charge is -2.13. The summed E-state index contributed by atoms with van der Waals surface area (Å²) in [6, 6.07) is 13.9. The molecule has 0 unspecified atom stereocenters. The Morgan fingerprint density at radius 3 is 2.69 bits per heavy atom. The van der Waals surface area contributed by atoms with Crippen LogP contribution in [0.2, 0.25) is 0 Å². The second-order valence-electron chi connectivity index (χ2n) is 7.42. The largest absolute Gasteiger partial charge is 0.348 e. The minimum atomic E-state index is -3.64. The van der Waals surface area contributed by atoms with Crippen molar-refractivity contribution in [1.82, 2.24) is 15.5 Å². The molecule has 1 amide bonds. The number of nitrogens with one attached hydrogen (secondary N) is 3. The molecular weight excluding hydrogens is 388 g/mol. The molecule has 1 fully saturated rings. The quantitative estimate of drug-likeness (QED) is 0.554. The minimum Gasteiger partial charge on any atom is -0.348 e. The van der Waals surface area contributed by atoms with Gasteiger partial charge < -0.3 is 5.32 Å². The molecule has 7 nitrogen and oxygen atoms in total. The summed E-state index contributed by atoms with van der Waals surface area (Å²) in [5, 5.41) is 11.5. The molecule has 8 heteroatoms. The number of aryl methyl sites for hydroxylation is 1. The molecule has 2 aromatic carbocycles. The number of carbonyl (C=O) groups excluding carboxylic acids is 1. The zero-order chi connectivity index (χ0) is 20.3. The van der Waals surface area contributed by atoms with Gasteiger partial charge >= 0.3 is 0 Å². The van der Waals surface area contributed by atoms with Gasteiger partial charge in [0.25, 0.3) is 5.91 Å². The number of hydrogen-bond acceptors (Lipinski definition) is 4. The average Bonchev–Trinajstić information content (AvgIpc) is 3.38. The smallest absolute Gasteiger partial charge is 0.271 e. The highest BCUT2D eigenvalue weighted by Crippen LogP contribution is 2.21. The highest BCUT2D eigenvalue weighted by molar-refractivity contribution is 7.92. The molecule has 3 aromatic rings. The number of aromatic amines is 1. The molecule has 1 saturated carbocycles. The Bertz CT molecular complexity index is 1110. The number of sulfonamides is 1. The first kappa shape index (κ1) is 19.4. The maximum Gasteiger partial charge on any atom is 0.271 e. The van der Waals surface area contributed by atoms with Crippen LogP contribution in [0.25, 0.3) is 10.8 Å². The molecule has 4 rings (SSSR count). The number of H-pyrrole nitrogens is 1. The summed E-state index contributed by atoms with van der Waals surface area (Å²) in [4.78, 5) is 12.5. The van der Waals surface area contributed by atoms with Gasteiger partial charge in [0.1, 0.15) is 5.69 Å². The van der Waals surface area contributed by atoms with Gasteiger partial charge in [0.2, 0.25) is 10.0 Å². The normalized spacial score (nSPS) is 14.9. The number of amides is 1. The Morgan fingerprint density at radius 2 is 1.86 bits per heavy atom. The Balaban J connectivity index is 1.44. The van der Waals surface area contributed by atoms with Crippen molar-refractivity contribution in [2.24, 2.45) is 0 Å². The Hall–Kier alpha value is -2.87. The number of hydrogen-bond donors (Lipinski definition) is 3. The molecule has 29 heavy (non-hydrogen) atoms. The average molecular weight is 413 g/mol. The Morgan fingerprint density at radius 1 is 1.10 bits per heavy atom. The summed E-state index contributed by atoms with van der Waals surface area (Å²) < 4.78 is 27.8. The van der Waals surface area contributed by atoms with Crippen LogP contribution in [0.3, 0.4) is 0 Å². The highest BCUT2D eigenvalue weighted by atomic mass is 32.2. The zero-order valence-corrected chi connectivity index (χ0v) is 16.8. The van der Waals surface area contributed by atoms with Crippen LogP contribution >= 0.6 is 0 Å². The fourth-order valence-electron chi connectivity index (χ4n) is 3.84. The van der Waals surface area contributed by atoms with Crippen LogP contribution in [-0.2, 0) is 16.4 Å². The van der Waals surface area contributed by atoms with Gasteiger partial charge in [-0.2, -0.15) is 5.10 Å². The molecule has 0 spiro atoms. The van der Waals surface area contributed by atoms with Crippen molar-refractivity contribution in [2.75, 3.05) is 10.5 Å². The summed E-state index contributed by atoms with van der Waals surface area (Å²) >= 11 is 0. The van der Waals surface area contributed by atoms with Gasteiger partial charge in [0, 0.05) is 6.04 Å². The summed E-state index contributed by atoms with van der Waals surface area (Å²) in [5.41, 5.74) is 1.30. The first-order chi connectivity index (χ1) is 14.0. The Labute approximate surface area is 170 Å². The maximum atomic E-state index is 12.6. The first-order valence-electron chi connectivity index (χ1n) is 9.83. The first-order valence-corrected chi connectivity index (χ1v) is 11.5. The molecule has 1 aliphatic carbocycles. The Kier molecular flexibility index (Phi) is 5.53. The summed E-state index contributed by atoms with van der Waals surface area (Å²) in [6.45, 7) is 0. The SMILES string of the molecule is O=C(NC1CCCC1)c1[nH]ncc1NS(=O)(=O)CCc1cccc2ccccc12. The summed E-state index contributed by atoms with van der Waals surface area (Å²) in [5.74, 6) is -0.420. The zero-order valence-electron chi connectivity index (χ0n) is 16.0. The van der Waals surface area contributed by atoms with Crippen LogP contribution in [0.15, 0.2) is 48.7 Å². The van der Waals surface area contributed by atoms with Crippen molar-refractivity contribution in [3.8, 4) is 0 Å². The van der Waals surface area contributed by atoms with Crippen LogP contribution in [0.1, 0.15) is 41.7 Å². The van der Waals surface area contributed by atoms with E-state index in [1.54, 1.807) is 0 Å². The van der Waals surface area contributed by atoms with Crippen molar-refractivity contribution in [3.05, 3.63) is 59.9 Å². The molecule has 0 atom stereocenters. The van der Waals surface area contributed by atoms with E-state index in [9.17, 15) is 13.2 Å². The van der Waals surface area contributed by atoms with Crippen molar-refractivity contribution < 1.29 is 13.2 Å². The number of anilines is 1. The number of nitrogens with zero attached hydrogens (tertiary/aromatic N) is 1. The predicted octanol–water partition coefficient (Wildman–Crippen LogP) is 3.22. The van der Waals surface area contributed by atoms with Gasteiger partial charge in [-0.05, 0) is 35.6 Å². The minimum absolute atomic E-state index is 0.0874. The molecule has 1 heterocycles. The lowest BCUT2D eigenvalue weighted by Crippen LogP contribution is -2.33. The molecule has 0 bridgehead atoms. The number of rotatable bonds is 7. The van der Waals surface area contributed by atoms with Crippen molar-refractivity contribution in [2.45, 2.75) is 38.1 Å². The van der Waals surface area contributed by atoms with E-state index in [1.807, 2.05) is 42.5 Å². The van der Waals surface area contributed by atoms with Crippen LogP contribution < -0.4 is 10.0 Å². The lowest BCUT2D eigenvalue weighted by molar-refractivity contribution is 0.0933. The van der Waals surface area contributed by atoms with Gasteiger partial charge in [0.15, 0.2) is 0 Å². The lowest BCUT2D eigenvalue weighted by atomic mass is 10.0. The van der Waals surface area contributed by atoms with Crippen LogP contribution in [0.5, 0.6) is 0 Å². The number of carbonyl (C=O) groups is 1. The van der Waals surface area contributed by atoms with E-state index in [4.69, 9.17) is 0 Å². The van der Waals surface area contributed by atoms with Crippen molar-refractivity contribution >= 4 is 32.4 Å². The molecule has 1 aromatic heterocycles. The van der Waals surface area contributed by atoms with Crippen LogP contribution in [0.4, 0.5) is 5.69 Å². The van der Waals surface area contributed by atoms with E-state index in [0.29, 0.717) is 6.42 Å². The van der Waals surface area contributed by atoms with E-state index >= 15 is 0 Å². The molecule has 0 saturated heterocycles. The molecule has 0 aliphatic heterocycles. The molecule has 3 N–H and O–H groups in total. The van der Waals surface area contributed by atoms with Gasteiger partial charge in [-0.1, -0.05) is 55.3 Å². The third-order valence-electron chi connectivity index (χ3n) is 5.34. The van der Waals surface area contributed by atoms with E-state index in [2.05, 4.69) is 20.2 Å². The van der Waals surface area contributed by atoms with Gasteiger partial charge in [-0.3, -0.25) is 14.6 Å². The van der Waals surface area contributed by atoms with E-state index in [1.165, 1.54) is 6.20 Å². The van der Waals surface area contributed by atoms with Gasteiger partial charge in [0.05, 0.1) is 17.6 Å². The standard InChI is InChI=1S/C21H24N4O3S/c26-21(23-17-9-2-3-10-17)20-19(14-22-24-20)25-29(27,28)13-12-16-8-5-7-15-6-1-4-11-18(15)16/h1,4-8,11,14,17,25H,2-3,9-10,12-13H2,(H,22,24)(H,23,26). The molecular formula is C21H24N4O3S. The molecule has 0 radical (unpaired) electrons. The number of fused-ring (bicyclic) bond motifs is 1. The third-order valence-corrected chi connectivity index (χ3v) is 6.61. The summed E-state index contributed by atoms with van der Waals surface area (Å²) in [7, 11) is -3.64. The van der Waals surface area contributed by atoms with Crippen molar-refractivity contribution in [3.63, 3.8) is 0 Å². The number of aromatic nitrogens is 2. The third kappa shape index (κ3) is 4.59. The van der Waals surface area contributed by atoms with Crippen molar-refractivity contribution in [1.29, 1.82) is 0 Å². The monoisotopic (exact) mass is 412 g/mol. The van der Waals surface area contributed by atoms with E-state index < -0.39 is 10.0 Å². The van der Waals surface area contributed by atoms with Gasteiger partial charge in [-0.15, -0.1) is 0 Å². The fourth-order valence-corrected chi connectivity index (χ4v) is 4.92. The second kappa shape index (κ2) is 8.24. The topological polar surface area (TPSA) is 104 Å². The predicted molar refractivity (Wildman–Crippen MR) is 113 cm³/mol. The number of benzene rings is 2. The van der Waals surface area contributed by atoms with E-state index in [0.717, 1.165) is 42.0 Å². The van der Waals surface area contributed by atoms with Gasteiger partial charge in [-0.25, -0.2) is 8.42 Å². The molecule has 152 valence electrons. The van der Waals surface area contributed by atoms with Crippen LogP contribution in [0, 0.1) is 0 Å².